The molecule has 0 radical (unpaired) electrons. The van der Waals surface area contributed by atoms with E-state index in [0.717, 1.165) is 6.07 Å². The summed E-state index contributed by atoms with van der Waals surface area (Å²) in [6.07, 6.45) is -2.91. The average Bonchev–Trinajstić information content (AvgIpc) is 2.08. The molecule has 0 fully saturated rings. The molecule has 2 nitrogen and oxygen atoms in total. The van der Waals surface area contributed by atoms with Crippen LogP contribution in [0.15, 0.2) is 6.07 Å². The van der Waals surface area contributed by atoms with E-state index in [2.05, 4.69) is 4.98 Å². The summed E-state index contributed by atoms with van der Waals surface area (Å²) in [5.41, 5.74) is -1.10. The molecule has 0 aliphatic heterocycles. The maximum absolute atomic E-state index is 12.3. The van der Waals surface area contributed by atoms with Crippen LogP contribution in [0.25, 0.3) is 0 Å². The third kappa shape index (κ3) is 2.32. The van der Waals surface area contributed by atoms with Gasteiger partial charge in [-0.25, -0.2) is 13.8 Å². The van der Waals surface area contributed by atoms with E-state index in [9.17, 15) is 13.6 Å². The number of pyridine rings is 1. The average molecular weight is 260 g/mol. The lowest BCUT2D eigenvalue weighted by molar-refractivity contribution is 0.107. The van der Waals surface area contributed by atoms with Crippen LogP contribution in [0, 0.1) is 0 Å². The van der Waals surface area contributed by atoms with Gasteiger partial charge < -0.3 is 0 Å². The van der Waals surface area contributed by atoms with Crippen LogP contribution in [0.5, 0.6) is 0 Å². The van der Waals surface area contributed by atoms with E-state index in [-0.39, 0.29) is 15.7 Å². The van der Waals surface area contributed by atoms with Crippen LogP contribution in [0.2, 0.25) is 10.0 Å². The van der Waals surface area contributed by atoms with Crippen LogP contribution in [0.1, 0.15) is 22.6 Å². The Kier molecular flexibility index (Phi) is 3.64. The number of halogens is 5. The maximum atomic E-state index is 12.3. The van der Waals surface area contributed by atoms with Crippen LogP contribution < -0.4 is 0 Å². The summed E-state index contributed by atoms with van der Waals surface area (Å²) in [6, 6.07) is 1.03. The lowest BCUT2D eigenvalue weighted by Crippen LogP contribution is -2.00. The fourth-order valence-electron chi connectivity index (χ4n) is 0.762. The first-order valence-corrected chi connectivity index (χ1v) is 4.40. The van der Waals surface area contributed by atoms with Crippen molar-refractivity contribution in [3.63, 3.8) is 0 Å². The molecule has 0 aliphatic carbocycles. The van der Waals surface area contributed by atoms with Crippen molar-refractivity contribution in [1.82, 2.24) is 4.98 Å². The van der Waals surface area contributed by atoms with Gasteiger partial charge in [-0.1, -0.05) is 23.2 Å². The van der Waals surface area contributed by atoms with Crippen molar-refractivity contribution in [3.05, 3.63) is 27.5 Å². The van der Waals surface area contributed by atoms with Gasteiger partial charge in [-0.3, -0.25) is 4.79 Å². The number of carbonyl (C=O) groups excluding carboxylic acids is 1. The number of hydrogen-bond acceptors (Lipinski definition) is 2. The van der Waals surface area contributed by atoms with E-state index in [1.54, 1.807) is 0 Å². The van der Waals surface area contributed by atoms with Gasteiger partial charge in [0, 0.05) is 0 Å². The number of aromatic nitrogens is 1. The Balaban J connectivity index is 3.35. The molecule has 14 heavy (non-hydrogen) atoms. The Hall–Kier alpha value is -0.450. The molecule has 1 aromatic heterocycles. The first-order valence-electron chi connectivity index (χ1n) is 3.27. The fraction of sp³-hybridized carbons (Fsp3) is 0.143. The number of rotatable bonds is 2. The topological polar surface area (TPSA) is 30.0 Å². The zero-order valence-electron chi connectivity index (χ0n) is 6.40. The second-order valence-corrected chi connectivity index (χ2v) is 3.39. The molecule has 0 aromatic carbocycles. The minimum atomic E-state index is -2.91. The lowest BCUT2D eigenvalue weighted by atomic mass is 10.3. The van der Waals surface area contributed by atoms with Gasteiger partial charge in [0.15, 0.2) is 0 Å². The van der Waals surface area contributed by atoms with Crippen molar-refractivity contribution < 1.29 is 13.6 Å². The van der Waals surface area contributed by atoms with Gasteiger partial charge in [0.2, 0.25) is 0 Å². The van der Waals surface area contributed by atoms with E-state index in [1.165, 1.54) is 0 Å². The predicted octanol–water partition coefficient (Wildman–Crippen LogP) is 3.71. The maximum Gasteiger partial charge on any atom is 0.281 e. The number of nitrogens with zero attached hydrogens (tertiary/aromatic N) is 1. The summed E-state index contributed by atoms with van der Waals surface area (Å²) >= 11 is 16.0. The Morgan fingerprint density at radius 3 is 2.43 bits per heavy atom. The molecule has 7 heteroatoms. The summed E-state index contributed by atoms with van der Waals surface area (Å²) in [4.78, 5) is 13.9. The summed E-state index contributed by atoms with van der Waals surface area (Å²) in [5, 5.41) is -1.52. The van der Waals surface area contributed by atoms with Crippen molar-refractivity contribution in [3.8, 4) is 0 Å². The van der Waals surface area contributed by atoms with Crippen molar-refractivity contribution in [1.29, 1.82) is 0 Å². The van der Waals surface area contributed by atoms with Crippen LogP contribution in [0.4, 0.5) is 8.78 Å². The van der Waals surface area contributed by atoms with Crippen molar-refractivity contribution in [2.45, 2.75) is 6.43 Å². The van der Waals surface area contributed by atoms with Gasteiger partial charge >= 0.3 is 0 Å². The molecule has 0 amide bonds. The Morgan fingerprint density at radius 1 is 1.43 bits per heavy atom. The van der Waals surface area contributed by atoms with Crippen molar-refractivity contribution in [2.24, 2.45) is 0 Å². The largest absolute Gasteiger partial charge is 0.281 e. The van der Waals surface area contributed by atoms with Crippen molar-refractivity contribution in [2.75, 3.05) is 0 Å². The number of hydrogen-bond donors (Lipinski definition) is 0. The normalized spacial score (nSPS) is 10.7. The fourth-order valence-corrected chi connectivity index (χ4v) is 1.24. The highest BCUT2D eigenvalue weighted by Gasteiger charge is 2.19. The van der Waals surface area contributed by atoms with Crippen LogP contribution in [-0.2, 0) is 0 Å². The quantitative estimate of drug-likeness (QED) is 0.759. The SMILES string of the molecule is O=C(Cl)c1cc(Cl)c(Cl)c(C(F)F)n1. The minimum Gasteiger partial charge on any atom is -0.274 e. The molecule has 0 atom stereocenters. The monoisotopic (exact) mass is 259 g/mol. The highest BCUT2D eigenvalue weighted by molar-refractivity contribution is 6.67. The van der Waals surface area contributed by atoms with E-state index >= 15 is 0 Å². The van der Waals surface area contributed by atoms with Crippen LogP contribution >= 0.6 is 34.8 Å². The molecule has 0 bridgehead atoms. The second-order valence-electron chi connectivity index (χ2n) is 2.26. The van der Waals surface area contributed by atoms with Gasteiger partial charge in [-0.05, 0) is 17.7 Å². The van der Waals surface area contributed by atoms with Gasteiger partial charge in [-0.2, -0.15) is 0 Å². The highest BCUT2D eigenvalue weighted by Crippen LogP contribution is 2.31. The van der Waals surface area contributed by atoms with E-state index in [0.29, 0.717) is 0 Å². The summed E-state index contributed by atoms with van der Waals surface area (Å²) in [7, 11) is 0. The molecule has 1 heterocycles. The molecule has 0 unspecified atom stereocenters. The van der Waals surface area contributed by atoms with E-state index in [1.807, 2.05) is 0 Å². The van der Waals surface area contributed by atoms with Crippen LogP contribution in [0.3, 0.4) is 0 Å². The summed E-state index contributed by atoms with van der Waals surface area (Å²) < 4.78 is 24.6. The van der Waals surface area contributed by atoms with Gasteiger partial charge in [0.25, 0.3) is 11.7 Å². The van der Waals surface area contributed by atoms with E-state index in [4.69, 9.17) is 34.8 Å². The first-order chi connectivity index (χ1) is 6.43. The Labute approximate surface area is 92.8 Å². The van der Waals surface area contributed by atoms with Crippen LogP contribution in [-0.4, -0.2) is 10.2 Å². The molecular weight excluding hydrogens is 258 g/mol. The van der Waals surface area contributed by atoms with Gasteiger partial charge in [-0.15, -0.1) is 0 Å². The highest BCUT2D eigenvalue weighted by atomic mass is 35.5. The Morgan fingerprint density at radius 2 is 2.00 bits per heavy atom. The molecule has 1 rings (SSSR count). The molecule has 1 aromatic rings. The zero-order chi connectivity index (χ0) is 10.9. The molecule has 76 valence electrons. The standard InChI is InChI=1S/C7H2Cl3F2NO/c8-2-1-3(6(10)14)13-5(4(2)9)7(11)12/h1,7H. The molecule has 0 saturated heterocycles. The number of carbonyl (C=O) groups is 1. The van der Waals surface area contributed by atoms with Gasteiger partial charge in [0.05, 0.1) is 10.0 Å². The van der Waals surface area contributed by atoms with Gasteiger partial charge in [0.1, 0.15) is 11.4 Å². The molecule has 0 spiro atoms. The lowest BCUT2D eigenvalue weighted by Gasteiger charge is -2.05. The molecule has 0 saturated carbocycles. The third-order valence-electron chi connectivity index (χ3n) is 1.35. The summed E-state index contributed by atoms with van der Waals surface area (Å²) in [5.74, 6) is 0. The predicted molar refractivity (Wildman–Crippen MR) is 49.4 cm³/mol. The number of alkyl halides is 2. The van der Waals surface area contributed by atoms with Crippen molar-refractivity contribution >= 4 is 40.0 Å². The molecule has 0 aliphatic rings. The zero-order valence-corrected chi connectivity index (χ0v) is 8.67. The molecule has 0 N–H and O–H groups in total. The van der Waals surface area contributed by atoms with E-state index < -0.39 is 17.4 Å². The smallest absolute Gasteiger partial charge is 0.274 e. The minimum absolute atomic E-state index is 0.180. The third-order valence-corrected chi connectivity index (χ3v) is 2.33. The Bertz CT molecular complexity index is 383. The molecular formula is C7H2Cl3F2NO. The first kappa shape index (κ1) is 11.6. The summed E-state index contributed by atoms with van der Waals surface area (Å²) in [6.45, 7) is 0. The second kappa shape index (κ2) is 4.38.